The summed E-state index contributed by atoms with van der Waals surface area (Å²) in [6, 6.07) is 3.64. The van der Waals surface area contributed by atoms with E-state index in [-0.39, 0.29) is 34.7 Å². The van der Waals surface area contributed by atoms with Gasteiger partial charge in [-0.05, 0) is 51.7 Å². The normalized spacial score (nSPS) is 17.7. The number of nitrogens with one attached hydrogen (secondary N) is 1. The molecule has 1 aliphatic carbocycles. The van der Waals surface area contributed by atoms with Crippen molar-refractivity contribution in [1.29, 1.82) is 0 Å². The van der Waals surface area contributed by atoms with Crippen molar-refractivity contribution >= 4 is 36.7 Å². The molecule has 0 aromatic carbocycles. The summed E-state index contributed by atoms with van der Waals surface area (Å²) in [4.78, 5) is 26.8. The lowest BCUT2D eigenvalue weighted by Crippen LogP contribution is -2.40. The molecule has 0 unspecified atom stereocenters. The summed E-state index contributed by atoms with van der Waals surface area (Å²) in [5, 5.41) is 7.39. The summed E-state index contributed by atoms with van der Waals surface area (Å²) < 4.78 is 51.6. The molecule has 5 heterocycles. The van der Waals surface area contributed by atoms with Gasteiger partial charge in [-0.25, -0.2) is 26.8 Å². The maximum absolute atomic E-state index is 13.2. The van der Waals surface area contributed by atoms with Crippen LogP contribution in [0.2, 0.25) is 0 Å². The minimum Gasteiger partial charge on any atom is -0.349 e. The molecule has 12 nitrogen and oxygen atoms in total. The molecule has 0 spiro atoms. The van der Waals surface area contributed by atoms with Crippen molar-refractivity contribution in [1.82, 2.24) is 34.0 Å². The molecule has 41 heavy (non-hydrogen) atoms. The largest absolute Gasteiger partial charge is 0.349 e. The summed E-state index contributed by atoms with van der Waals surface area (Å²) in [5.74, 6) is 0.311. The van der Waals surface area contributed by atoms with Crippen LogP contribution in [0.15, 0.2) is 43.1 Å². The first-order chi connectivity index (χ1) is 19.5. The van der Waals surface area contributed by atoms with Crippen LogP contribution in [0.5, 0.6) is 0 Å². The van der Waals surface area contributed by atoms with Gasteiger partial charge >= 0.3 is 0 Å². The van der Waals surface area contributed by atoms with Crippen LogP contribution in [-0.4, -0.2) is 74.2 Å². The van der Waals surface area contributed by atoms with E-state index in [2.05, 4.69) is 25.4 Å². The van der Waals surface area contributed by atoms with Gasteiger partial charge in [0.25, 0.3) is 15.9 Å². The first-order valence-corrected chi connectivity index (χ1v) is 16.9. The molecular weight excluding hydrogens is 566 g/mol. The maximum atomic E-state index is 13.2. The monoisotopic (exact) mass is 597 g/mol. The Balaban J connectivity index is 1.23. The topological polar surface area (TPSA) is 159 Å². The molecule has 1 N–H and O–H groups in total. The average Bonchev–Trinajstić information content (AvgIpc) is 3.55. The average molecular weight is 598 g/mol. The van der Waals surface area contributed by atoms with Gasteiger partial charge in [0.2, 0.25) is 0 Å². The van der Waals surface area contributed by atoms with Gasteiger partial charge in [0.1, 0.15) is 9.84 Å². The van der Waals surface area contributed by atoms with E-state index in [9.17, 15) is 21.6 Å². The highest BCUT2D eigenvalue weighted by Gasteiger charge is 2.37. The number of rotatable bonds is 8. The number of pyridine rings is 1. The fourth-order valence-corrected chi connectivity index (χ4v) is 8.05. The molecule has 6 rings (SSSR count). The van der Waals surface area contributed by atoms with Crippen LogP contribution in [0, 0.1) is 0 Å². The number of carbonyl (C=O) groups excluding carboxylic acids is 1. The highest BCUT2D eigenvalue weighted by atomic mass is 32.2. The van der Waals surface area contributed by atoms with Gasteiger partial charge in [0, 0.05) is 48.2 Å². The Morgan fingerprint density at radius 1 is 1.07 bits per heavy atom. The number of fused-ring (bicyclic) bond motifs is 1. The molecule has 216 valence electrons. The SMILES string of the molecule is CC(C)n1cc(C(=O)NC2CCS(=O)(=O)CC2)c2cnc(Cc3ccnc(-c4cnn(S(=O)(=O)C5CC5)c4)n3)cc21. The zero-order valence-electron chi connectivity index (χ0n) is 22.8. The van der Waals surface area contributed by atoms with E-state index in [0.29, 0.717) is 54.7 Å². The number of carbonyl (C=O) groups is 1. The van der Waals surface area contributed by atoms with Crippen molar-refractivity contribution in [2.24, 2.45) is 0 Å². The van der Waals surface area contributed by atoms with Crippen molar-refractivity contribution in [2.45, 2.75) is 63.3 Å². The van der Waals surface area contributed by atoms with Gasteiger partial charge in [-0.1, -0.05) is 0 Å². The molecule has 1 saturated carbocycles. The van der Waals surface area contributed by atoms with E-state index in [4.69, 9.17) is 0 Å². The Morgan fingerprint density at radius 2 is 1.83 bits per heavy atom. The second-order valence-electron chi connectivity index (χ2n) is 11.0. The highest BCUT2D eigenvalue weighted by Crippen LogP contribution is 2.30. The number of sulfone groups is 1. The van der Waals surface area contributed by atoms with Crippen LogP contribution < -0.4 is 5.32 Å². The molecule has 4 aromatic heterocycles. The molecule has 1 saturated heterocycles. The van der Waals surface area contributed by atoms with Gasteiger partial charge in [-0.3, -0.25) is 9.78 Å². The lowest BCUT2D eigenvalue weighted by atomic mass is 10.1. The number of hydrogen-bond acceptors (Lipinski definition) is 9. The van der Waals surface area contributed by atoms with Crippen molar-refractivity contribution in [3.05, 3.63) is 60.1 Å². The quantitative estimate of drug-likeness (QED) is 0.322. The van der Waals surface area contributed by atoms with E-state index >= 15 is 0 Å². The number of hydrogen-bond donors (Lipinski definition) is 1. The number of aromatic nitrogens is 6. The van der Waals surface area contributed by atoms with Crippen LogP contribution in [-0.2, 0) is 26.3 Å². The Hall–Kier alpha value is -3.65. The third-order valence-electron chi connectivity index (χ3n) is 7.57. The van der Waals surface area contributed by atoms with Gasteiger partial charge in [-0.15, -0.1) is 0 Å². The summed E-state index contributed by atoms with van der Waals surface area (Å²) in [5.41, 5.74) is 3.33. The van der Waals surface area contributed by atoms with Crippen LogP contribution in [0.3, 0.4) is 0 Å². The number of amides is 1. The Labute approximate surface area is 238 Å². The fourth-order valence-electron chi connectivity index (χ4n) is 5.09. The molecule has 1 amide bonds. The minimum absolute atomic E-state index is 0.0863. The Kier molecular flexibility index (Phi) is 6.92. The maximum Gasteiger partial charge on any atom is 0.256 e. The van der Waals surface area contributed by atoms with E-state index in [1.54, 1.807) is 18.5 Å². The lowest BCUT2D eigenvalue weighted by molar-refractivity contribution is 0.0935. The highest BCUT2D eigenvalue weighted by molar-refractivity contribution is 7.91. The van der Waals surface area contributed by atoms with Crippen LogP contribution >= 0.6 is 0 Å². The fraction of sp³-hybridized carbons (Fsp3) is 0.444. The van der Waals surface area contributed by atoms with Gasteiger partial charge in [-0.2, -0.15) is 9.19 Å². The second-order valence-corrected chi connectivity index (χ2v) is 15.4. The zero-order chi connectivity index (χ0) is 28.9. The molecule has 2 aliphatic rings. The van der Waals surface area contributed by atoms with Gasteiger partial charge in [0.05, 0.1) is 51.5 Å². The first-order valence-electron chi connectivity index (χ1n) is 13.6. The smallest absolute Gasteiger partial charge is 0.256 e. The van der Waals surface area contributed by atoms with E-state index in [0.717, 1.165) is 20.7 Å². The van der Waals surface area contributed by atoms with Gasteiger partial charge in [0.15, 0.2) is 5.82 Å². The Bertz CT molecular complexity index is 1840. The molecule has 0 atom stereocenters. The van der Waals surface area contributed by atoms with Crippen LogP contribution in [0.25, 0.3) is 22.3 Å². The van der Waals surface area contributed by atoms with Crippen LogP contribution in [0.4, 0.5) is 0 Å². The molecule has 0 bridgehead atoms. The van der Waals surface area contributed by atoms with E-state index < -0.39 is 19.9 Å². The van der Waals surface area contributed by atoms with Crippen molar-refractivity contribution in [2.75, 3.05) is 11.5 Å². The summed E-state index contributed by atoms with van der Waals surface area (Å²) in [7, 11) is -6.49. The molecule has 1 aliphatic heterocycles. The number of nitrogens with zero attached hydrogens (tertiary/aromatic N) is 6. The van der Waals surface area contributed by atoms with Crippen LogP contribution in [0.1, 0.15) is 67.3 Å². The van der Waals surface area contributed by atoms with Crippen molar-refractivity contribution in [3.8, 4) is 11.4 Å². The molecular formula is C27H31N7O5S2. The standard InChI is InChI=1S/C27H31N7O5S2/c1-17(2)33-16-24(27(35)32-19-6-9-40(36,37)10-7-19)23-14-29-21(12-25(23)33)11-20-5-8-28-26(31-20)18-13-30-34(15-18)41(38,39)22-3-4-22/h5,8,12-17,19,22H,3-4,6-7,9-11H2,1-2H3,(H,32,35). The Morgan fingerprint density at radius 3 is 2.54 bits per heavy atom. The minimum atomic E-state index is -3.48. The molecule has 0 radical (unpaired) electrons. The molecule has 4 aromatic rings. The van der Waals surface area contributed by atoms with Crippen molar-refractivity contribution < 1.29 is 21.6 Å². The van der Waals surface area contributed by atoms with E-state index in [1.165, 1.54) is 12.4 Å². The van der Waals surface area contributed by atoms with E-state index in [1.807, 2.05) is 30.7 Å². The summed E-state index contributed by atoms with van der Waals surface area (Å²) in [6.45, 7) is 4.07. The summed E-state index contributed by atoms with van der Waals surface area (Å²) >= 11 is 0. The third-order valence-corrected chi connectivity index (χ3v) is 11.3. The zero-order valence-corrected chi connectivity index (χ0v) is 24.4. The molecule has 14 heteroatoms. The lowest BCUT2D eigenvalue weighted by Gasteiger charge is -2.22. The third kappa shape index (κ3) is 5.62. The predicted molar refractivity (Wildman–Crippen MR) is 153 cm³/mol. The summed E-state index contributed by atoms with van der Waals surface area (Å²) in [6.07, 6.45) is 10.6. The second kappa shape index (κ2) is 10.3. The first kappa shape index (κ1) is 27.5. The molecule has 2 fully saturated rings. The predicted octanol–water partition coefficient (Wildman–Crippen LogP) is 2.51. The van der Waals surface area contributed by atoms with Gasteiger partial charge < -0.3 is 9.88 Å². The van der Waals surface area contributed by atoms with Crippen molar-refractivity contribution in [3.63, 3.8) is 0 Å².